The van der Waals surface area contributed by atoms with Crippen molar-refractivity contribution in [2.24, 2.45) is 0 Å². The summed E-state index contributed by atoms with van der Waals surface area (Å²) in [7, 11) is -0.771. The zero-order valence-corrected chi connectivity index (χ0v) is 18.9. The molecule has 3 fully saturated rings. The quantitative estimate of drug-likeness (QED) is 0.277. The van der Waals surface area contributed by atoms with Crippen LogP contribution >= 0.6 is 7.26 Å². The van der Waals surface area contributed by atoms with E-state index in [-0.39, 0.29) is 0 Å². The molecule has 0 saturated heterocycles. The Kier molecular flexibility index (Phi) is 9.30. The molecule has 0 aliphatic heterocycles. The largest absolute Gasteiger partial charge is 0.0703 e. The number of hydrogen-bond donors (Lipinski definition) is 0. The highest BCUT2D eigenvalue weighted by molar-refractivity contribution is 7.77. The van der Waals surface area contributed by atoms with Crippen LogP contribution in [0.5, 0.6) is 0 Å². The second-order valence-electron chi connectivity index (χ2n) is 10.0. The summed E-state index contributed by atoms with van der Waals surface area (Å²) in [5.74, 6) is 0. The van der Waals surface area contributed by atoms with Crippen molar-refractivity contribution in [1.29, 1.82) is 0 Å². The van der Waals surface area contributed by atoms with Gasteiger partial charge in [-0.3, -0.25) is 0 Å². The van der Waals surface area contributed by atoms with Crippen molar-refractivity contribution in [3.8, 4) is 0 Å². The third kappa shape index (κ3) is 5.27. The Bertz CT molecular complexity index is 313. The van der Waals surface area contributed by atoms with E-state index in [0.29, 0.717) is 0 Å². The third-order valence-corrected chi connectivity index (χ3v) is 15.1. The molecule has 3 rings (SSSR count). The van der Waals surface area contributed by atoms with E-state index in [1.54, 1.807) is 115 Å². The molecule has 152 valence electrons. The van der Waals surface area contributed by atoms with E-state index in [1.807, 2.05) is 0 Å². The minimum Gasteiger partial charge on any atom is -0.0654 e. The van der Waals surface area contributed by atoms with Crippen LogP contribution in [0.4, 0.5) is 0 Å². The first-order valence-electron chi connectivity index (χ1n) is 12.7. The van der Waals surface area contributed by atoms with Gasteiger partial charge >= 0.3 is 0 Å². The fourth-order valence-electron chi connectivity index (χ4n) is 7.12. The average Bonchev–Trinajstić information content (AvgIpc) is 2.73. The standard InChI is InChI=1S/C25H48P/c1-2-3-4-5-15-22-26(23-16-9-6-10-17-23,24-18-11-7-12-19-24)25-20-13-8-14-21-25/h23-25H,2-22H2,1H3/q+1. The van der Waals surface area contributed by atoms with E-state index in [1.165, 1.54) is 36.2 Å². The van der Waals surface area contributed by atoms with Crippen LogP contribution in [0.25, 0.3) is 0 Å². The molecular weight excluding hydrogens is 331 g/mol. The van der Waals surface area contributed by atoms with Crippen LogP contribution in [-0.2, 0) is 0 Å². The van der Waals surface area contributed by atoms with Crippen LogP contribution in [0.3, 0.4) is 0 Å². The molecule has 0 amide bonds. The van der Waals surface area contributed by atoms with Gasteiger partial charge in [0, 0.05) is 7.26 Å². The fraction of sp³-hybridized carbons (Fsp3) is 1.00. The maximum atomic E-state index is 2.36. The molecule has 26 heavy (non-hydrogen) atoms. The maximum absolute atomic E-state index is 2.36. The van der Waals surface area contributed by atoms with Crippen molar-refractivity contribution >= 4 is 7.26 Å². The van der Waals surface area contributed by atoms with Crippen molar-refractivity contribution in [3.05, 3.63) is 0 Å². The molecule has 0 spiro atoms. The lowest BCUT2D eigenvalue weighted by atomic mass is 9.99. The third-order valence-electron chi connectivity index (χ3n) is 8.41. The normalized spacial score (nSPS) is 24.8. The molecular formula is C25H48P+. The SMILES string of the molecule is CCCCCCC[P+](C1CCCCC1)(C1CCCCC1)C1CCCCC1. The fourth-order valence-corrected chi connectivity index (χ4v) is 14.8. The van der Waals surface area contributed by atoms with Crippen molar-refractivity contribution in [3.63, 3.8) is 0 Å². The van der Waals surface area contributed by atoms with Crippen LogP contribution in [0.2, 0.25) is 0 Å². The summed E-state index contributed by atoms with van der Waals surface area (Å²) in [6, 6.07) is 0. The minimum absolute atomic E-state index is 0.771. The summed E-state index contributed by atoms with van der Waals surface area (Å²) >= 11 is 0. The van der Waals surface area contributed by atoms with Crippen LogP contribution in [0, 0.1) is 0 Å². The Morgan fingerprint density at radius 2 is 0.885 bits per heavy atom. The van der Waals surface area contributed by atoms with Crippen LogP contribution < -0.4 is 0 Å². The van der Waals surface area contributed by atoms with Gasteiger partial charge in [0.1, 0.15) is 0 Å². The van der Waals surface area contributed by atoms with Gasteiger partial charge in [-0.1, -0.05) is 45.4 Å². The minimum atomic E-state index is -0.771. The first-order valence-corrected chi connectivity index (χ1v) is 14.9. The number of unbranched alkanes of at least 4 members (excludes halogenated alkanes) is 4. The van der Waals surface area contributed by atoms with Gasteiger partial charge in [0.2, 0.25) is 0 Å². The van der Waals surface area contributed by atoms with Crippen molar-refractivity contribution in [1.82, 2.24) is 0 Å². The topological polar surface area (TPSA) is 0 Å². The van der Waals surface area contributed by atoms with Crippen molar-refractivity contribution in [2.75, 3.05) is 6.16 Å². The summed E-state index contributed by atoms with van der Waals surface area (Å²) in [6.07, 6.45) is 33.1. The zero-order valence-electron chi connectivity index (χ0n) is 18.0. The highest BCUT2D eigenvalue weighted by atomic mass is 31.2. The van der Waals surface area contributed by atoms with Gasteiger partial charge in [-0.05, 0) is 89.9 Å². The van der Waals surface area contributed by atoms with Crippen molar-refractivity contribution < 1.29 is 0 Å². The Hall–Kier alpha value is 0.430. The smallest absolute Gasteiger partial charge is 0.0654 e. The summed E-state index contributed by atoms with van der Waals surface area (Å²) in [5, 5.41) is 0. The molecule has 0 atom stereocenters. The van der Waals surface area contributed by atoms with E-state index in [4.69, 9.17) is 0 Å². The summed E-state index contributed by atoms with van der Waals surface area (Å²) < 4.78 is 0. The molecule has 1 heteroatoms. The van der Waals surface area contributed by atoms with Crippen LogP contribution in [-0.4, -0.2) is 23.1 Å². The molecule has 0 unspecified atom stereocenters. The van der Waals surface area contributed by atoms with Gasteiger partial charge in [0.25, 0.3) is 0 Å². The summed E-state index contributed by atoms with van der Waals surface area (Å²) in [4.78, 5) is 0. The van der Waals surface area contributed by atoms with Crippen LogP contribution in [0.1, 0.15) is 135 Å². The van der Waals surface area contributed by atoms with E-state index >= 15 is 0 Å². The van der Waals surface area contributed by atoms with Gasteiger partial charge in [-0.2, -0.15) is 0 Å². The molecule has 3 saturated carbocycles. The van der Waals surface area contributed by atoms with Crippen LogP contribution in [0.15, 0.2) is 0 Å². The Morgan fingerprint density at radius 1 is 0.500 bits per heavy atom. The molecule has 0 aromatic heterocycles. The lowest BCUT2D eigenvalue weighted by Gasteiger charge is -2.49. The summed E-state index contributed by atoms with van der Waals surface area (Å²) in [5.41, 5.74) is 3.61. The second kappa shape index (κ2) is 11.4. The molecule has 0 radical (unpaired) electrons. The zero-order chi connectivity index (χ0) is 18.1. The Morgan fingerprint density at radius 3 is 1.27 bits per heavy atom. The highest BCUT2D eigenvalue weighted by Gasteiger charge is 2.56. The van der Waals surface area contributed by atoms with Gasteiger partial charge in [-0.25, -0.2) is 0 Å². The van der Waals surface area contributed by atoms with E-state index in [2.05, 4.69) is 6.92 Å². The molecule has 0 nitrogen and oxygen atoms in total. The van der Waals surface area contributed by atoms with Gasteiger partial charge in [0.05, 0.1) is 23.1 Å². The van der Waals surface area contributed by atoms with Gasteiger partial charge in [0.15, 0.2) is 0 Å². The predicted octanol–water partition coefficient (Wildman–Crippen LogP) is 8.97. The molecule has 0 aromatic rings. The number of hydrogen-bond acceptors (Lipinski definition) is 0. The molecule has 0 heterocycles. The maximum Gasteiger partial charge on any atom is 0.0703 e. The average molecular weight is 380 g/mol. The number of rotatable bonds is 9. The Balaban J connectivity index is 1.78. The van der Waals surface area contributed by atoms with Crippen molar-refractivity contribution in [2.45, 2.75) is 152 Å². The summed E-state index contributed by atoms with van der Waals surface area (Å²) in [6.45, 7) is 2.36. The van der Waals surface area contributed by atoms with Gasteiger partial charge < -0.3 is 0 Å². The highest BCUT2D eigenvalue weighted by Crippen LogP contribution is 2.77. The van der Waals surface area contributed by atoms with Gasteiger partial charge in [-0.15, -0.1) is 0 Å². The predicted molar refractivity (Wildman–Crippen MR) is 121 cm³/mol. The lowest BCUT2D eigenvalue weighted by Crippen LogP contribution is -2.37. The first kappa shape index (κ1) is 21.1. The van der Waals surface area contributed by atoms with E-state index < -0.39 is 7.26 Å². The second-order valence-corrected chi connectivity index (χ2v) is 14.6. The molecule has 0 aromatic carbocycles. The molecule has 0 bridgehead atoms. The Labute approximate surface area is 166 Å². The molecule has 3 aliphatic carbocycles. The van der Waals surface area contributed by atoms with E-state index in [9.17, 15) is 0 Å². The molecule has 3 aliphatic rings. The lowest BCUT2D eigenvalue weighted by molar-refractivity contribution is 0.449. The first-order chi connectivity index (χ1) is 12.9. The molecule has 0 N–H and O–H groups in total. The van der Waals surface area contributed by atoms with E-state index in [0.717, 1.165) is 0 Å². The monoisotopic (exact) mass is 379 g/mol.